The minimum absolute atomic E-state index is 0.114. The normalized spacial score (nSPS) is 14.2. The van der Waals surface area contributed by atoms with Crippen LogP contribution in [0.3, 0.4) is 0 Å². The summed E-state index contributed by atoms with van der Waals surface area (Å²) in [4.78, 5) is 25.5. The molecule has 116 valence electrons. The fourth-order valence-corrected chi connectivity index (χ4v) is 2.33. The van der Waals surface area contributed by atoms with E-state index < -0.39 is 5.82 Å². The first-order chi connectivity index (χ1) is 10.6. The molecule has 1 aromatic heterocycles. The maximum absolute atomic E-state index is 13.9. The molecule has 0 aliphatic carbocycles. The molecule has 0 N–H and O–H groups in total. The number of carbonyl (C=O) groups is 1. The molecule has 1 aliphatic rings. The quantitative estimate of drug-likeness (QED) is 0.791. The summed E-state index contributed by atoms with van der Waals surface area (Å²) in [6.45, 7) is 0.541. The van der Waals surface area contributed by atoms with Crippen LogP contribution < -0.4 is 10.4 Å². The van der Waals surface area contributed by atoms with Gasteiger partial charge in [0.1, 0.15) is 31.0 Å². The third-order valence-electron chi connectivity index (χ3n) is 3.57. The number of amides is 1. The Bertz CT molecular complexity index is 768. The molecule has 1 amide bonds. The standard InChI is InChI=1S/C14H15FN4O3/c1-17-9-16-19(14(17)21)8-13(20)18-5-6-22-12-4-2-3-11(15)10(12)7-18/h2-4,9H,5-8H2,1H3. The highest BCUT2D eigenvalue weighted by Gasteiger charge is 2.23. The van der Waals surface area contributed by atoms with Gasteiger partial charge in [-0.2, -0.15) is 5.10 Å². The average Bonchev–Trinajstić information content (AvgIpc) is 2.72. The Morgan fingerprint density at radius 2 is 2.27 bits per heavy atom. The van der Waals surface area contributed by atoms with E-state index in [4.69, 9.17) is 4.74 Å². The summed E-state index contributed by atoms with van der Waals surface area (Å²) in [5.41, 5.74) is -0.0206. The van der Waals surface area contributed by atoms with Crippen LogP contribution in [0.4, 0.5) is 4.39 Å². The molecule has 0 saturated carbocycles. The zero-order valence-corrected chi connectivity index (χ0v) is 12.0. The summed E-state index contributed by atoms with van der Waals surface area (Å²) in [6.07, 6.45) is 1.34. The summed E-state index contributed by atoms with van der Waals surface area (Å²) in [6, 6.07) is 4.58. The molecule has 0 fully saturated rings. The minimum atomic E-state index is -0.410. The molecular weight excluding hydrogens is 291 g/mol. The van der Waals surface area contributed by atoms with Crippen LogP contribution in [0.5, 0.6) is 5.75 Å². The first-order valence-electron chi connectivity index (χ1n) is 6.82. The van der Waals surface area contributed by atoms with E-state index in [2.05, 4.69) is 5.10 Å². The number of aromatic nitrogens is 3. The van der Waals surface area contributed by atoms with Crippen molar-refractivity contribution in [3.05, 3.63) is 46.4 Å². The summed E-state index contributed by atoms with van der Waals surface area (Å²) in [5, 5.41) is 3.85. The molecule has 0 radical (unpaired) electrons. The van der Waals surface area contributed by atoms with Crippen molar-refractivity contribution in [2.75, 3.05) is 13.2 Å². The van der Waals surface area contributed by atoms with Crippen molar-refractivity contribution in [1.82, 2.24) is 19.2 Å². The second kappa shape index (κ2) is 5.63. The molecule has 0 spiro atoms. The number of carbonyl (C=O) groups excluding carboxylic acids is 1. The molecule has 2 aromatic rings. The zero-order chi connectivity index (χ0) is 15.7. The van der Waals surface area contributed by atoms with E-state index in [9.17, 15) is 14.0 Å². The lowest BCUT2D eigenvalue weighted by Crippen LogP contribution is -2.38. The van der Waals surface area contributed by atoms with Crippen molar-refractivity contribution in [3.8, 4) is 5.75 Å². The number of benzene rings is 1. The molecular formula is C14H15FN4O3. The van der Waals surface area contributed by atoms with Gasteiger partial charge in [0.2, 0.25) is 5.91 Å². The predicted molar refractivity (Wildman–Crippen MR) is 74.8 cm³/mol. The van der Waals surface area contributed by atoms with Crippen LogP contribution in [0.25, 0.3) is 0 Å². The zero-order valence-electron chi connectivity index (χ0n) is 12.0. The molecule has 1 aliphatic heterocycles. The third kappa shape index (κ3) is 2.59. The maximum Gasteiger partial charge on any atom is 0.345 e. The van der Waals surface area contributed by atoms with Gasteiger partial charge in [0.05, 0.1) is 13.1 Å². The lowest BCUT2D eigenvalue weighted by molar-refractivity contribution is -0.132. The fourth-order valence-electron chi connectivity index (χ4n) is 2.33. The third-order valence-corrected chi connectivity index (χ3v) is 3.57. The number of nitrogens with zero attached hydrogens (tertiary/aromatic N) is 4. The average molecular weight is 306 g/mol. The highest BCUT2D eigenvalue weighted by Crippen LogP contribution is 2.25. The van der Waals surface area contributed by atoms with Crippen LogP contribution in [0.15, 0.2) is 29.3 Å². The van der Waals surface area contributed by atoms with E-state index in [1.165, 1.54) is 21.9 Å². The molecule has 2 heterocycles. The monoisotopic (exact) mass is 306 g/mol. The van der Waals surface area contributed by atoms with E-state index in [1.54, 1.807) is 19.2 Å². The van der Waals surface area contributed by atoms with Gasteiger partial charge >= 0.3 is 5.69 Å². The number of hydrogen-bond acceptors (Lipinski definition) is 4. The lowest BCUT2D eigenvalue weighted by atomic mass is 10.2. The van der Waals surface area contributed by atoms with Crippen molar-refractivity contribution in [2.45, 2.75) is 13.1 Å². The van der Waals surface area contributed by atoms with Crippen molar-refractivity contribution < 1.29 is 13.9 Å². The number of rotatable bonds is 2. The Morgan fingerprint density at radius 1 is 1.45 bits per heavy atom. The number of ether oxygens (including phenoxy) is 1. The summed E-state index contributed by atoms with van der Waals surface area (Å²) in [5.74, 6) is -0.266. The van der Waals surface area contributed by atoms with Crippen molar-refractivity contribution >= 4 is 5.91 Å². The SMILES string of the molecule is Cn1cnn(CC(=O)N2CCOc3cccc(F)c3C2)c1=O. The fraction of sp³-hybridized carbons (Fsp3) is 0.357. The van der Waals surface area contributed by atoms with Crippen molar-refractivity contribution in [1.29, 1.82) is 0 Å². The summed E-state index contributed by atoms with van der Waals surface area (Å²) in [7, 11) is 1.56. The second-order valence-corrected chi connectivity index (χ2v) is 5.06. The molecule has 3 rings (SSSR count). The summed E-state index contributed by atoms with van der Waals surface area (Å²) < 4.78 is 21.7. The highest BCUT2D eigenvalue weighted by molar-refractivity contribution is 5.76. The smallest absolute Gasteiger partial charge is 0.345 e. The second-order valence-electron chi connectivity index (χ2n) is 5.06. The molecule has 0 bridgehead atoms. The van der Waals surface area contributed by atoms with E-state index in [-0.39, 0.29) is 31.3 Å². The first kappa shape index (κ1) is 14.3. The molecule has 0 saturated heterocycles. The topological polar surface area (TPSA) is 69.4 Å². The van der Waals surface area contributed by atoms with Crippen LogP contribution in [0, 0.1) is 5.82 Å². The Balaban J connectivity index is 1.80. The van der Waals surface area contributed by atoms with E-state index in [0.29, 0.717) is 17.9 Å². The van der Waals surface area contributed by atoms with E-state index in [1.807, 2.05) is 0 Å². The van der Waals surface area contributed by atoms with Gasteiger partial charge in [-0.15, -0.1) is 0 Å². The largest absolute Gasteiger partial charge is 0.491 e. The minimum Gasteiger partial charge on any atom is -0.491 e. The Hall–Kier alpha value is -2.64. The molecule has 0 unspecified atom stereocenters. The van der Waals surface area contributed by atoms with Gasteiger partial charge < -0.3 is 9.64 Å². The van der Waals surface area contributed by atoms with Gasteiger partial charge in [0, 0.05) is 12.6 Å². The number of aryl methyl sites for hydroxylation is 1. The van der Waals surface area contributed by atoms with Gasteiger partial charge in [0.15, 0.2) is 0 Å². The molecule has 8 heteroatoms. The Morgan fingerprint density at radius 3 is 3.00 bits per heavy atom. The van der Waals surface area contributed by atoms with Crippen molar-refractivity contribution in [3.63, 3.8) is 0 Å². The maximum atomic E-state index is 13.9. The van der Waals surface area contributed by atoms with Crippen LogP contribution in [-0.4, -0.2) is 38.3 Å². The lowest BCUT2D eigenvalue weighted by Gasteiger charge is -2.19. The van der Waals surface area contributed by atoms with Crippen molar-refractivity contribution in [2.24, 2.45) is 7.05 Å². The molecule has 7 nitrogen and oxygen atoms in total. The highest BCUT2D eigenvalue weighted by atomic mass is 19.1. The van der Waals surface area contributed by atoms with Gasteiger partial charge in [-0.25, -0.2) is 13.9 Å². The summed E-state index contributed by atoms with van der Waals surface area (Å²) >= 11 is 0. The van der Waals surface area contributed by atoms with Crippen LogP contribution >= 0.6 is 0 Å². The Labute approximate surface area is 125 Å². The molecule has 0 atom stereocenters. The van der Waals surface area contributed by atoms with E-state index >= 15 is 0 Å². The molecule has 1 aromatic carbocycles. The van der Waals surface area contributed by atoms with Gasteiger partial charge in [0.25, 0.3) is 0 Å². The van der Waals surface area contributed by atoms with Crippen LogP contribution in [0.2, 0.25) is 0 Å². The van der Waals surface area contributed by atoms with Gasteiger partial charge in [-0.3, -0.25) is 9.36 Å². The van der Waals surface area contributed by atoms with Crippen LogP contribution in [-0.2, 0) is 24.9 Å². The first-order valence-corrected chi connectivity index (χ1v) is 6.82. The van der Waals surface area contributed by atoms with Crippen LogP contribution in [0.1, 0.15) is 5.56 Å². The van der Waals surface area contributed by atoms with Gasteiger partial charge in [-0.05, 0) is 12.1 Å². The predicted octanol–water partition coefficient (Wildman–Crippen LogP) is 0.142. The van der Waals surface area contributed by atoms with Gasteiger partial charge in [-0.1, -0.05) is 6.07 Å². The Kier molecular flexibility index (Phi) is 3.66. The number of fused-ring (bicyclic) bond motifs is 1. The number of hydrogen-bond donors (Lipinski definition) is 0. The number of halogens is 1. The molecule has 22 heavy (non-hydrogen) atoms. The van der Waals surface area contributed by atoms with E-state index in [0.717, 1.165) is 4.68 Å².